The van der Waals surface area contributed by atoms with Gasteiger partial charge >= 0.3 is 0 Å². The largest absolute Gasteiger partial charge is 0.351 e. The Morgan fingerprint density at radius 2 is 2.00 bits per heavy atom. The second-order valence-electron chi connectivity index (χ2n) is 3.58. The average Bonchev–Trinajstić information content (AvgIpc) is 2.26. The van der Waals surface area contributed by atoms with Gasteiger partial charge in [-0.15, -0.1) is 11.6 Å². The third-order valence-electron chi connectivity index (χ3n) is 2.24. The molecule has 1 atom stereocenters. The first-order valence-electron chi connectivity index (χ1n) is 5.12. The highest BCUT2D eigenvalue weighted by Crippen LogP contribution is 2.04. The van der Waals surface area contributed by atoms with Crippen LogP contribution in [0.2, 0.25) is 0 Å². The van der Waals surface area contributed by atoms with Crippen LogP contribution in [0.15, 0.2) is 24.3 Å². The molecule has 3 heteroatoms. The number of carbonyl (C=O) groups is 1. The van der Waals surface area contributed by atoms with Crippen molar-refractivity contribution < 1.29 is 4.79 Å². The lowest BCUT2D eigenvalue weighted by Gasteiger charge is -2.08. The van der Waals surface area contributed by atoms with E-state index in [1.54, 1.807) is 0 Å². The summed E-state index contributed by atoms with van der Waals surface area (Å²) < 4.78 is 0. The van der Waals surface area contributed by atoms with E-state index in [2.05, 4.69) is 5.32 Å². The monoisotopic (exact) mass is 225 g/mol. The van der Waals surface area contributed by atoms with Crippen molar-refractivity contribution in [1.29, 1.82) is 0 Å². The molecule has 0 heterocycles. The van der Waals surface area contributed by atoms with Gasteiger partial charge in [-0.05, 0) is 25.5 Å². The number of hydrogen-bond acceptors (Lipinski definition) is 1. The van der Waals surface area contributed by atoms with Crippen LogP contribution >= 0.6 is 11.6 Å². The second-order valence-corrected chi connectivity index (χ2v) is 4.20. The molecule has 1 unspecified atom stereocenters. The molecule has 0 saturated carbocycles. The number of nitrogens with one attached hydrogen (secondary N) is 1. The lowest BCUT2D eigenvalue weighted by molar-refractivity contribution is 0.0953. The van der Waals surface area contributed by atoms with Gasteiger partial charge in [0.2, 0.25) is 0 Å². The molecule has 82 valence electrons. The highest BCUT2D eigenvalue weighted by atomic mass is 35.5. The molecule has 0 radical (unpaired) electrons. The Balaban J connectivity index is 2.50. The fourth-order valence-electron chi connectivity index (χ4n) is 1.15. The predicted octanol–water partition coefficient (Wildman–Crippen LogP) is 2.74. The minimum Gasteiger partial charge on any atom is -0.351 e. The smallest absolute Gasteiger partial charge is 0.251 e. The Hall–Kier alpha value is -1.02. The maximum absolute atomic E-state index is 11.6. The van der Waals surface area contributed by atoms with Crippen LogP contribution in [0.1, 0.15) is 29.3 Å². The number of halogens is 1. The van der Waals surface area contributed by atoms with E-state index in [1.807, 2.05) is 38.1 Å². The highest BCUT2D eigenvalue weighted by Gasteiger charge is 2.06. The van der Waals surface area contributed by atoms with Crippen LogP contribution in [-0.2, 0) is 0 Å². The maximum Gasteiger partial charge on any atom is 0.251 e. The Bertz CT molecular complexity index is 321. The molecule has 0 bridgehead atoms. The van der Waals surface area contributed by atoms with E-state index >= 15 is 0 Å². The fourth-order valence-corrected chi connectivity index (χ4v) is 1.23. The minimum absolute atomic E-state index is 0.0133. The molecule has 1 amide bonds. The van der Waals surface area contributed by atoms with Crippen molar-refractivity contribution in [1.82, 2.24) is 5.32 Å². The van der Waals surface area contributed by atoms with Crippen LogP contribution in [0.25, 0.3) is 0 Å². The Labute approximate surface area is 95.6 Å². The number of aryl methyl sites for hydroxylation is 1. The van der Waals surface area contributed by atoms with Gasteiger partial charge in [-0.2, -0.15) is 0 Å². The summed E-state index contributed by atoms with van der Waals surface area (Å²) in [6.07, 6.45) is 0.857. The topological polar surface area (TPSA) is 29.1 Å². The normalized spacial score (nSPS) is 12.2. The lowest BCUT2D eigenvalue weighted by Crippen LogP contribution is -2.29. The number of benzene rings is 1. The number of carbonyl (C=O) groups excluding carboxylic acids is 1. The summed E-state index contributed by atoms with van der Waals surface area (Å²) in [6, 6.07) is 7.49. The molecule has 0 saturated heterocycles. The highest BCUT2D eigenvalue weighted by molar-refractivity contribution is 6.20. The van der Waals surface area contributed by atoms with Crippen LogP contribution in [0, 0.1) is 6.92 Å². The standard InChI is InChI=1S/C12H16ClNO/c1-3-11(13)8-14-12(15)10-6-4-9(2)5-7-10/h4-7,11H,3,8H2,1-2H3,(H,14,15). The summed E-state index contributed by atoms with van der Waals surface area (Å²) in [5, 5.41) is 2.81. The second kappa shape index (κ2) is 5.76. The van der Waals surface area contributed by atoms with Crippen molar-refractivity contribution in [3.8, 4) is 0 Å². The van der Waals surface area contributed by atoms with E-state index in [4.69, 9.17) is 11.6 Å². The zero-order chi connectivity index (χ0) is 11.3. The van der Waals surface area contributed by atoms with Gasteiger partial charge in [-0.1, -0.05) is 24.6 Å². The van der Waals surface area contributed by atoms with Gasteiger partial charge in [0.1, 0.15) is 0 Å². The molecule has 0 aromatic heterocycles. The molecule has 0 aliphatic carbocycles. The molecule has 1 aromatic carbocycles. The Morgan fingerprint density at radius 1 is 1.40 bits per heavy atom. The molecule has 15 heavy (non-hydrogen) atoms. The van der Waals surface area contributed by atoms with Crippen molar-refractivity contribution >= 4 is 17.5 Å². The molecule has 0 aliphatic rings. The predicted molar refractivity (Wildman–Crippen MR) is 63.4 cm³/mol. The van der Waals surface area contributed by atoms with Crippen molar-refractivity contribution in [2.75, 3.05) is 6.54 Å². The van der Waals surface area contributed by atoms with Gasteiger partial charge in [0.05, 0.1) is 5.38 Å². The molecular weight excluding hydrogens is 210 g/mol. The first-order valence-corrected chi connectivity index (χ1v) is 5.56. The van der Waals surface area contributed by atoms with Gasteiger partial charge in [-0.25, -0.2) is 0 Å². The summed E-state index contributed by atoms with van der Waals surface area (Å²) in [4.78, 5) is 11.6. The molecule has 2 nitrogen and oxygen atoms in total. The van der Waals surface area contributed by atoms with E-state index in [0.717, 1.165) is 12.0 Å². The van der Waals surface area contributed by atoms with E-state index in [9.17, 15) is 4.79 Å². The summed E-state index contributed by atoms with van der Waals surface area (Å²) in [6.45, 7) is 4.51. The molecule has 1 rings (SSSR count). The van der Waals surface area contributed by atoms with Crippen molar-refractivity contribution in [3.63, 3.8) is 0 Å². The first kappa shape index (κ1) is 12.1. The van der Waals surface area contributed by atoms with Crippen molar-refractivity contribution in [2.45, 2.75) is 25.6 Å². The number of alkyl halides is 1. The minimum atomic E-state index is -0.0610. The third-order valence-corrected chi connectivity index (χ3v) is 2.70. The molecule has 0 aliphatic heterocycles. The zero-order valence-corrected chi connectivity index (χ0v) is 9.84. The quantitative estimate of drug-likeness (QED) is 0.785. The van der Waals surface area contributed by atoms with Crippen molar-refractivity contribution in [2.24, 2.45) is 0 Å². The SMILES string of the molecule is CCC(Cl)CNC(=O)c1ccc(C)cc1. The van der Waals surface area contributed by atoms with E-state index in [0.29, 0.717) is 12.1 Å². The van der Waals surface area contributed by atoms with Crippen molar-refractivity contribution in [3.05, 3.63) is 35.4 Å². The van der Waals surface area contributed by atoms with Crippen LogP contribution in [0.4, 0.5) is 0 Å². The fraction of sp³-hybridized carbons (Fsp3) is 0.417. The van der Waals surface area contributed by atoms with E-state index in [1.165, 1.54) is 0 Å². The van der Waals surface area contributed by atoms with Gasteiger partial charge in [0.25, 0.3) is 5.91 Å². The Kier molecular flexibility index (Phi) is 4.63. The molecule has 0 spiro atoms. The number of amides is 1. The van der Waals surface area contributed by atoms with E-state index in [-0.39, 0.29) is 11.3 Å². The summed E-state index contributed by atoms with van der Waals surface area (Å²) >= 11 is 5.91. The van der Waals surface area contributed by atoms with Crippen LogP contribution < -0.4 is 5.32 Å². The summed E-state index contributed by atoms with van der Waals surface area (Å²) in [7, 11) is 0. The summed E-state index contributed by atoms with van der Waals surface area (Å²) in [5.74, 6) is -0.0610. The molecular formula is C12H16ClNO. The first-order chi connectivity index (χ1) is 7.13. The maximum atomic E-state index is 11.6. The van der Waals surface area contributed by atoms with Crippen LogP contribution in [0.5, 0.6) is 0 Å². The van der Waals surface area contributed by atoms with E-state index < -0.39 is 0 Å². The van der Waals surface area contributed by atoms with Gasteiger partial charge in [0, 0.05) is 12.1 Å². The number of rotatable bonds is 4. The van der Waals surface area contributed by atoms with Gasteiger partial charge < -0.3 is 5.32 Å². The molecule has 1 aromatic rings. The Morgan fingerprint density at radius 3 is 2.53 bits per heavy atom. The average molecular weight is 226 g/mol. The van der Waals surface area contributed by atoms with Gasteiger partial charge in [-0.3, -0.25) is 4.79 Å². The third kappa shape index (κ3) is 3.92. The number of hydrogen-bond donors (Lipinski definition) is 1. The molecule has 1 N–H and O–H groups in total. The van der Waals surface area contributed by atoms with Crippen LogP contribution in [-0.4, -0.2) is 17.8 Å². The lowest BCUT2D eigenvalue weighted by atomic mass is 10.1. The van der Waals surface area contributed by atoms with Crippen LogP contribution in [0.3, 0.4) is 0 Å². The zero-order valence-electron chi connectivity index (χ0n) is 9.09. The molecule has 0 fully saturated rings. The van der Waals surface area contributed by atoms with Gasteiger partial charge in [0.15, 0.2) is 0 Å². The summed E-state index contributed by atoms with van der Waals surface area (Å²) in [5.41, 5.74) is 1.83.